The summed E-state index contributed by atoms with van der Waals surface area (Å²) >= 11 is 0. The molecule has 1 N–H and O–H groups in total. The van der Waals surface area contributed by atoms with Crippen molar-refractivity contribution in [2.75, 3.05) is 39.8 Å². The van der Waals surface area contributed by atoms with Gasteiger partial charge in [0, 0.05) is 57.2 Å². The molecule has 0 radical (unpaired) electrons. The molecule has 3 aliphatic rings. The normalized spacial score (nSPS) is 19.7. The van der Waals surface area contributed by atoms with Gasteiger partial charge in [0.2, 0.25) is 0 Å². The zero-order chi connectivity index (χ0) is 26.7. The molecule has 0 saturated carbocycles. The quantitative estimate of drug-likeness (QED) is 0.427. The molecule has 12 heteroatoms. The van der Waals surface area contributed by atoms with E-state index in [0.717, 1.165) is 4.90 Å². The predicted octanol–water partition coefficient (Wildman–Crippen LogP) is -0.346. The van der Waals surface area contributed by atoms with E-state index < -0.39 is 41.3 Å². The molecule has 1 fully saturated rings. The van der Waals surface area contributed by atoms with Crippen LogP contribution in [0.15, 0.2) is 53.3 Å². The molecule has 4 amide bonds. The van der Waals surface area contributed by atoms with E-state index in [1.165, 1.54) is 52.4 Å². The average Bonchev–Trinajstić information content (AvgIpc) is 2.90. The van der Waals surface area contributed by atoms with Gasteiger partial charge in [0.15, 0.2) is 6.04 Å². The van der Waals surface area contributed by atoms with E-state index in [0.29, 0.717) is 37.4 Å². The van der Waals surface area contributed by atoms with Crippen LogP contribution in [0.1, 0.15) is 12.5 Å². The Morgan fingerprint density at radius 2 is 1.78 bits per heavy atom. The molecule has 1 aromatic rings. The lowest BCUT2D eigenvalue weighted by Crippen LogP contribution is -2.53. The number of piperazine rings is 1. The summed E-state index contributed by atoms with van der Waals surface area (Å²) < 4.78 is 13.1. The summed E-state index contributed by atoms with van der Waals surface area (Å²) in [5.41, 5.74) is 0.904. The van der Waals surface area contributed by atoms with Crippen molar-refractivity contribution in [3.63, 3.8) is 0 Å². The number of nitrogens with zero attached hydrogens (tertiary/aromatic N) is 5. The van der Waals surface area contributed by atoms with Gasteiger partial charge in [0.25, 0.3) is 11.7 Å². The minimum absolute atomic E-state index is 0.00216. The molecule has 3 heterocycles. The fourth-order valence-electron chi connectivity index (χ4n) is 4.11. The lowest BCUT2D eigenvalue weighted by molar-refractivity contribution is -0.151. The number of allylic oxidation sites excluding steroid dienone is 1. The Hall–Kier alpha value is -4.19. The van der Waals surface area contributed by atoms with Crippen molar-refractivity contribution in [1.29, 1.82) is 0 Å². The summed E-state index contributed by atoms with van der Waals surface area (Å²) in [6.45, 7) is 4.12. The Morgan fingerprint density at radius 3 is 2.43 bits per heavy atom. The first-order valence-corrected chi connectivity index (χ1v) is 11.9. The van der Waals surface area contributed by atoms with Crippen LogP contribution < -0.4 is 5.32 Å². The molecule has 0 aromatic heterocycles. The Bertz CT molecular complexity index is 1220. The molecule has 3 aliphatic heterocycles. The van der Waals surface area contributed by atoms with Gasteiger partial charge in [-0.2, -0.15) is 0 Å². The maximum atomic E-state index is 13.1. The van der Waals surface area contributed by atoms with Gasteiger partial charge in [-0.3, -0.25) is 28.9 Å². The summed E-state index contributed by atoms with van der Waals surface area (Å²) in [6, 6.07) is 3.84. The number of Topliss-reactive ketones (excluding diaryl/α,β-unsaturated/α-hetero) is 1. The summed E-state index contributed by atoms with van der Waals surface area (Å²) in [6.07, 6.45) is 4.12. The van der Waals surface area contributed by atoms with Crippen molar-refractivity contribution < 1.29 is 28.4 Å². The summed E-state index contributed by atoms with van der Waals surface area (Å²) in [4.78, 5) is 73.8. The molecular formula is C25H27FN6O5. The fraction of sp³-hybridized carbons (Fsp3) is 0.360. The van der Waals surface area contributed by atoms with Crippen molar-refractivity contribution in [3.05, 3.63) is 59.7 Å². The van der Waals surface area contributed by atoms with Gasteiger partial charge in [-0.25, -0.2) is 9.38 Å². The number of nitrogens with one attached hydrogen (secondary N) is 1. The number of carbonyl (C=O) groups is 5. The molecule has 0 bridgehead atoms. The molecule has 1 atom stereocenters. The topological polar surface area (TPSA) is 123 Å². The molecular weight excluding hydrogens is 483 g/mol. The minimum Gasteiger partial charge on any atom is -0.350 e. The molecule has 37 heavy (non-hydrogen) atoms. The summed E-state index contributed by atoms with van der Waals surface area (Å²) in [5.74, 6) is -4.50. The number of halogens is 1. The van der Waals surface area contributed by atoms with E-state index in [-0.39, 0.29) is 18.9 Å². The van der Waals surface area contributed by atoms with E-state index >= 15 is 0 Å². The highest BCUT2D eigenvalue weighted by Crippen LogP contribution is 2.20. The Labute approximate surface area is 212 Å². The van der Waals surface area contributed by atoms with Crippen LogP contribution in [0, 0.1) is 5.82 Å². The number of aliphatic imine (C=N–C) groups is 1. The molecule has 11 nitrogen and oxygen atoms in total. The predicted molar refractivity (Wildman–Crippen MR) is 130 cm³/mol. The first-order valence-electron chi connectivity index (χ1n) is 11.9. The zero-order valence-corrected chi connectivity index (χ0v) is 20.5. The third kappa shape index (κ3) is 5.48. The number of hydrogen-bond acceptors (Lipinski definition) is 7. The maximum absolute atomic E-state index is 13.1. The standard InChI is InChI=1S/C25H27FN6O5/c1-3-31(25(37)24(36)30-12-10-29(2)11-13-30)18-8-9-32-19(14-18)28-20(21(33)23(32)35)22(34)27-15-16-4-6-17(26)7-5-16/h4-9,14,20H,3,10-13,15H2,1-2H3,(H,27,34). The second-order valence-electron chi connectivity index (χ2n) is 8.80. The fourth-order valence-corrected chi connectivity index (χ4v) is 4.11. The number of rotatable bonds is 5. The third-order valence-electron chi connectivity index (χ3n) is 6.33. The molecule has 1 aromatic carbocycles. The number of ketones is 1. The monoisotopic (exact) mass is 510 g/mol. The smallest absolute Gasteiger partial charge is 0.316 e. The molecule has 1 saturated heterocycles. The van der Waals surface area contributed by atoms with Crippen LogP contribution in [0.4, 0.5) is 4.39 Å². The molecule has 4 rings (SSSR count). The Kier molecular flexibility index (Phi) is 7.58. The van der Waals surface area contributed by atoms with Gasteiger partial charge >= 0.3 is 17.7 Å². The SMILES string of the molecule is CCN(C(=O)C(=O)N1CCN(C)CC1)C1=CC2=NC(C(=O)NCc3ccc(F)cc3)C(=O)C(=O)N2C=C1. The number of carbonyl (C=O) groups excluding carboxylic acids is 5. The van der Waals surface area contributed by atoms with Crippen LogP contribution in [0.5, 0.6) is 0 Å². The van der Waals surface area contributed by atoms with Crippen LogP contribution in [-0.2, 0) is 30.5 Å². The van der Waals surface area contributed by atoms with E-state index in [1.807, 2.05) is 7.05 Å². The number of amides is 4. The van der Waals surface area contributed by atoms with Crippen molar-refractivity contribution in [2.45, 2.75) is 19.5 Å². The van der Waals surface area contributed by atoms with Crippen molar-refractivity contribution in [3.8, 4) is 0 Å². The first kappa shape index (κ1) is 25.9. The summed E-state index contributed by atoms with van der Waals surface area (Å²) in [5, 5.41) is 2.54. The lowest BCUT2D eigenvalue weighted by Gasteiger charge is -2.34. The second-order valence-corrected chi connectivity index (χ2v) is 8.80. The zero-order valence-electron chi connectivity index (χ0n) is 20.5. The van der Waals surface area contributed by atoms with Gasteiger partial charge in [-0.1, -0.05) is 12.1 Å². The van der Waals surface area contributed by atoms with E-state index in [4.69, 9.17) is 0 Å². The van der Waals surface area contributed by atoms with Crippen LogP contribution in [0.2, 0.25) is 0 Å². The van der Waals surface area contributed by atoms with Crippen molar-refractivity contribution in [1.82, 2.24) is 24.9 Å². The van der Waals surface area contributed by atoms with E-state index in [2.05, 4.69) is 15.2 Å². The maximum Gasteiger partial charge on any atom is 0.316 e. The van der Waals surface area contributed by atoms with Crippen LogP contribution in [0.25, 0.3) is 0 Å². The van der Waals surface area contributed by atoms with Gasteiger partial charge in [0.1, 0.15) is 11.7 Å². The van der Waals surface area contributed by atoms with Gasteiger partial charge < -0.3 is 20.0 Å². The van der Waals surface area contributed by atoms with Crippen LogP contribution >= 0.6 is 0 Å². The average molecular weight is 511 g/mol. The van der Waals surface area contributed by atoms with Crippen molar-refractivity contribution >= 4 is 35.2 Å². The van der Waals surface area contributed by atoms with E-state index in [1.54, 1.807) is 6.92 Å². The van der Waals surface area contributed by atoms with Gasteiger partial charge in [0.05, 0.1) is 0 Å². The second kappa shape index (κ2) is 10.8. The lowest BCUT2D eigenvalue weighted by atomic mass is 10.1. The largest absolute Gasteiger partial charge is 0.350 e. The molecule has 1 unspecified atom stereocenters. The van der Waals surface area contributed by atoms with Crippen LogP contribution in [0.3, 0.4) is 0 Å². The number of fused-ring (bicyclic) bond motifs is 1. The Morgan fingerprint density at radius 1 is 1.11 bits per heavy atom. The number of amidine groups is 1. The highest BCUT2D eigenvalue weighted by Gasteiger charge is 2.41. The van der Waals surface area contributed by atoms with Gasteiger partial charge in [-0.05, 0) is 37.7 Å². The first-order chi connectivity index (χ1) is 17.7. The summed E-state index contributed by atoms with van der Waals surface area (Å²) in [7, 11) is 1.94. The number of hydrogen-bond donors (Lipinski definition) is 1. The molecule has 194 valence electrons. The highest BCUT2D eigenvalue weighted by molar-refractivity contribution is 6.47. The van der Waals surface area contributed by atoms with Gasteiger partial charge in [-0.15, -0.1) is 0 Å². The van der Waals surface area contributed by atoms with Crippen LogP contribution in [-0.4, -0.2) is 101 Å². The number of benzene rings is 1. The number of likely N-dealkylation sites (N-methyl/N-ethyl adjacent to an activating group) is 2. The minimum atomic E-state index is -1.61. The van der Waals surface area contributed by atoms with Crippen molar-refractivity contribution in [2.24, 2.45) is 4.99 Å². The molecule has 0 aliphatic carbocycles. The molecule has 0 spiro atoms. The highest BCUT2D eigenvalue weighted by atomic mass is 19.1. The third-order valence-corrected chi connectivity index (χ3v) is 6.33. The van der Waals surface area contributed by atoms with E-state index in [9.17, 15) is 28.4 Å². The Balaban J connectivity index is 1.51.